The van der Waals surface area contributed by atoms with Crippen LogP contribution in [0, 0.1) is 0 Å². The second-order valence-corrected chi connectivity index (χ2v) is 3.01. The number of likely N-dealkylation sites (N-methyl/N-ethyl adjacent to an activating group) is 1. The van der Waals surface area contributed by atoms with E-state index in [-0.39, 0.29) is 24.8 Å². The molecule has 4 heteroatoms. The molecule has 1 aromatic rings. The van der Waals surface area contributed by atoms with Crippen molar-refractivity contribution in [3.8, 4) is 0 Å². The van der Waals surface area contributed by atoms with Crippen molar-refractivity contribution in [3.63, 3.8) is 0 Å². The third-order valence-corrected chi connectivity index (χ3v) is 1.81. The monoisotopic (exact) mass is 236 g/mol. The van der Waals surface area contributed by atoms with E-state index < -0.39 is 0 Å². The number of nitrogens with two attached hydrogens (primary N) is 1. The zero-order valence-electron chi connectivity index (χ0n) is 8.35. The van der Waals surface area contributed by atoms with Gasteiger partial charge in [0.2, 0.25) is 0 Å². The van der Waals surface area contributed by atoms with Gasteiger partial charge in [-0.2, -0.15) is 0 Å². The minimum atomic E-state index is 0. The molecule has 0 aromatic heterocycles. The summed E-state index contributed by atoms with van der Waals surface area (Å²) in [6.45, 7) is 2.66. The van der Waals surface area contributed by atoms with E-state index in [1.807, 2.05) is 6.07 Å². The van der Waals surface area contributed by atoms with Gasteiger partial charge >= 0.3 is 0 Å². The average Bonchev–Trinajstić information content (AvgIpc) is 2.06. The summed E-state index contributed by atoms with van der Waals surface area (Å²) in [6.07, 6.45) is 0. The predicted octanol–water partition coefficient (Wildman–Crippen LogP) is 1.92. The Morgan fingerprint density at radius 2 is 1.71 bits per heavy atom. The Morgan fingerprint density at radius 1 is 1.14 bits per heavy atom. The number of rotatable bonds is 4. The van der Waals surface area contributed by atoms with Crippen LogP contribution in [-0.2, 0) is 6.54 Å². The Morgan fingerprint density at radius 3 is 2.21 bits per heavy atom. The SMILES string of the molecule is CN(CCN)Cc1ccccc1.Cl.Cl. The van der Waals surface area contributed by atoms with E-state index in [9.17, 15) is 0 Å². The maximum atomic E-state index is 5.44. The first-order valence-corrected chi connectivity index (χ1v) is 4.25. The molecule has 14 heavy (non-hydrogen) atoms. The topological polar surface area (TPSA) is 29.3 Å². The molecule has 1 aromatic carbocycles. The largest absolute Gasteiger partial charge is 0.329 e. The summed E-state index contributed by atoms with van der Waals surface area (Å²) in [6, 6.07) is 10.4. The summed E-state index contributed by atoms with van der Waals surface area (Å²) in [5.41, 5.74) is 6.78. The molecule has 82 valence electrons. The lowest BCUT2D eigenvalue weighted by Crippen LogP contribution is -2.24. The molecular weight excluding hydrogens is 219 g/mol. The molecule has 0 aliphatic carbocycles. The van der Waals surface area contributed by atoms with E-state index in [0.717, 1.165) is 19.6 Å². The fourth-order valence-electron chi connectivity index (χ4n) is 1.19. The molecule has 0 heterocycles. The van der Waals surface area contributed by atoms with Crippen molar-refractivity contribution in [1.29, 1.82) is 0 Å². The highest BCUT2D eigenvalue weighted by atomic mass is 35.5. The molecule has 0 radical (unpaired) electrons. The zero-order valence-corrected chi connectivity index (χ0v) is 9.98. The molecule has 0 aliphatic heterocycles. The summed E-state index contributed by atoms with van der Waals surface area (Å²) in [5.74, 6) is 0. The number of nitrogens with zero attached hydrogens (tertiary/aromatic N) is 1. The molecule has 0 saturated heterocycles. The van der Waals surface area contributed by atoms with Gasteiger partial charge in [0.15, 0.2) is 0 Å². The maximum absolute atomic E-state index is 5.44. The van der Waals surface area contributed by atoms with Crippen molar-refractivity contribution in [1.82, 2.24) is 4.90 Å². The molecule has 0 aliphatic rings. The Balaban J connectivity index is 0. The van der Waals surface area contributed by atoms with Gasteiger partial charge in [-0.3, -0.25) is 0 Å². The first-order valence-electron chi connectivity index (χ1n) is 4.25. The van der Waals surface area contributed by atoms with Crippen molar-refractivity contribution in [2.24, 2.45) is 5.73 Å². The van der Waals surface area contributed by atoms with Crippen LogP contribution in [0.4, 0.5) is 0 Å². The molecule has 0 saturated carbocycles. The van der Waals surface area contributed by atoms with Crippen molar-refractivity contribution >= 4 is 24.8 Å². The number of halogens is 2. The second-order valence-electron chi connectivity index (χ2n) is 3.01. The molecule has 2 nitrogen and oxygen atoms in total. The minimum Gasteiger partial charge on any atom is -0.329 e. The molecule has 0 atom stereocenters. The minimum absolute atomic E-state index is 0. The lowest BCUT2D eigenvalue weighted by Gasteiger charge is -2.14. The van der Waals surface area contributed by atoms with Crippen LogP contribution in [-0.4, -0.2) is 25.0 Å². The van der Waals surface area contributed by atoms with Crippen molar-refractivity contribution < 1.29 is 0 Å². The van der Waals surface area contributed by atoms with Crippen molar-refractivity contribution in [2.75, 3.05) is 20.1 Å². The smallest absolute Gasteiger partial charge is 0.0231 e. The van der Waals surface area contributed by atoms with Crippen molar-refractivity contribution in [3.05, 3.63) is 35.9 Å². The third-order valence-electron chi connectivity index (χ3n) is 1.81. The first-order chi connectivity index (χ1) is 5.83. The normalized spacial score (nSPS) is 9.07. The lowest BCUT2D eigenvalue weighted by atomic mass is 10.2. The Kier molecular flexibility index (Phi) is 10.7. The molecule has 0 fully saturated rings. The van der Waals surface area contributed by atoms with Crippen LogP contribution < -0.4 is 5.73 Å². The summed E-state index contributed by atoms with van der Waals surface area (Å²) >= 11 is 0. The predicted molar refractivity (Wildman–Crippen MR) is 66.3 cm³/mol. The van der Waals surface area contributed by atoms with Crippen LogP contribution in [0.25, 0.3) is 0 Å². The first kappa shape index (κ1) is 16.2. The van der Waals surface area contributed by atoms with E-state index in [0.29, 0.717) is 0 Å². The Bertz CT molecular complexity index is 217. The van der Waals surface area contributed by atoms with Gasteiger partial charge in [-0.05, 0) is 12.6 Å². The van der Waals surface area contributed by atoms with Crippen LogP contribution in [0.2, 0.25) is 0 Å². The fraction of sp³-hybridized carbons (Fsp3) is 0.400. The maximum Gasteiger partial charge on any atom is 0.0231 e. The molecule has 1 rings (SSSR count). The van der Waals surface area contributed by atoms with Gasteiger partial charge in [0, 0.05) is 19.6 Å². The highest BCUT2D eigenvalue weighted by Crippen LogP contribution is 2.01. The van der Waals surface area contributed by atoms with Crippen LogP contribution in [0.5, 0.6) is 0 Å². The lowest BCUT2D eigenvalue weighted by molar-refractivity contribution is 0.336. The zero-order chi connectivity index (χ0) is 8.81. The van der Waals surface area contributed by atoms with Crippen LogP contribution in [0.3, 0.4) is 0 Å². The fourth-order valence-corrected chi connectivity index (χ4v) is 1.19. The summed E-state index contributed by atoms with van der Waals surface area (Å²) in [7, 11) is 2.08. The molecule has 0 unspecified atom stereocenters. The number of benzene rings is 1. The number of hydrogen-bond acceptors (Lipinski definition) is 2. The highest BCUT2D eigenvalue weighted by molar-refractivity contribution is 5.85. The Labute approximate surface area is 98.3 Å². The summed E-state index contributed by atoms with van der Waals surface area (Å²) in [5, 5.41) is 0. The van der Waals surface area contributed by atoms with Crippen molar-refractivity contribution in [2.45, 2.75) is 6.54 Å². The van der Waals surface area contributed by atoms with Crippen LogP contribution >= 0.6 is 24.8 Å². The second kappa shape index (κ2) is 9.28. The third kappa shape index (κ3) is 6.22. The van der Waals surface area contributed by atoms with Crippen LogP contribution in [0.1, 0.15) is 5.56 Å². The van der Waals surface area contributed by atoms with Gasteiger partial charge in [-0.1, -0.05) is 30.3 Å². The van der Waals surface area contributed by atoms with Crippen LogP contribution in [0.15, 0.2) is 30.3 Å². The number of hydrogen-bond donors (Lipinski definition) is 1. The van der Waals surface area contributed by atoms with E-state index in [4.69, 9.17) is 5.73 Å². The van der Waals surface area contributed by atoms with Gasteiger partial charge in [-0.15, -0.1) is 24.8 Å². The Hall–Kier alpha value is -0.280. The van der Waals surface area contributed by atoms with E-state index >= 15 is 0 Å². The van der Waals surface area contributed by atoms with Gasteiger partial charge in [-0.25, -0.2) is 0 Å². The molecular formula is C10H18Cl2N2. The molecule has 0 bridgehead atoms. The van der Waals surface area contributed by atoms with Gasteiger partial charge < -0.3 is 10.6 Å². The summed E-state index contributed by atoms with van der Waals surface area (Å²) in [4.78, 5) is 2.22. The average molecular weight is 237 g/mol. The van der Waals surface area contributed by atoms with Gasteiger partial charge in [0.25, 0.3) is 0 Å². The molecule has 2 N–H and O–H groups in total. The quantitative estimate of drug-likeness (QED) is 0.866. The summed E-state index contributed by atoms with van der Waals surface area (Å²) < 4.78 is 0. The molecule has 0 amide bonds. The van der Waals surface area contributed by atoms with Gasteiger partial charge in [0.1, 0.15) is 0 Å². The van der Waals surface area contributed by atoms with E-state index in [1.54, 1.807) is 0 Å². The van der Waals surface area contributed by atoms with E-state index in [2.05, 4.69) is 36.2 Å². The highest BCUT2D eigenvalue weighted by Gasteiger charge is 1.96. The molecule has 0 spiro atoms. The van der Waals surface area contributed by atoms with E-state index in [1.165, 1.54) is 5.56 Å². The van der Waals surface area contributed by atoms with Gasteiger partial charge in [0.05, 0.1) is 0 Å². The standard InChI is InChI=1S/C10H16N2.2ClH/c1-12(8-7-11)9-10-5-3-2-4-6-10;;/h2-6H,7-9,11H2,1H3;2*1H.